The smallest absolute Gasteiger partial charge is 0.142 e. The maximum absolute atomic E-state index is 8.42. The first-order valence-corrected chi connectivity index (χ1v) is 3.53. The van der Waals surface area contributed by atoms with Gasteiger partial charge < -0.3 is 5.73 Å². The van der Waals surface area contributed by atoms with Crippen LogP contribution >= 0.6 is 11.6 Å². The van der Waals surface area contributed by atoms with Crippen LogP contribution in [0.5, 0.6) is 0 Å². The summed E-state index contributed by atoms with van der Waals surface area (Å²) >= 11 is 5.52. The molecule has 1 heterocycles. The highest BCUT2D eigenvalue weighted by Gasteiger charge is 1.99. The van der Waals surface area contributed by atoms with Crippen molar-refractivity contribution in [2.24, 2.45) is 0 Å². The summed E-state index contributed by atoms with van der Waals surface area (Å²) in [6, 6.07) is 5.18. The molecule has 0 fully saturated rings. The molecule has 4 heteroatoms. The number of nitriles is 1. The number of nitrogen functional groups attached to an aromatic ring is 1. The quantitative estimate of drug-likeness (QED) is 0.641. The number of pyridine rings is 1. The molecule has 1 aromatic rings. The van der Waals surface area contributed by atoms with Gasteiger partial charge in [-0.1, -0.05) is 6.07 Å². The topological polar surface area (TPSA) is 62.7 Å². The lowest BCUT2D eigenvalue weighted by Gasteiger charge is -1.98. The van der Waals surface area contributed by atoms with E-state index < -0.39 is 0 Å². The fourth-order valence-corrected chi connectivity index (χ4v) is 0.905. The van der Waals surface area contributed by atoms with Crippen molar-refractivity contribution in [2.45, 2.75) is 5.88 Å². The van der Waals surface area contributed by atoms with Gasteiger partial charge >= 0.3 is 0 Å². The molecule has 0 atom stereocenters. The molecule has 0 aromatic carbocycles. The number of hydrogen-bond acceptors (Lipinski definition) is 3. The van der Waals surface area contributed by atoms with Crippen LogP contribution in [0.1, 0.15) is 11.3 Å². The molecule has 1 rings (SSSR count). The first-order valence-electron chi connectivity index (χ1n) is 2.99. The van der Waals surface area contributed by atoms with E-state index in [1.165, 1.54) is 0 Å². The number of rotatable bonds is 1. The molecule has 0 unspecified atom stereocenters. The van der Waals surface area contributed by atoms with E-state index in [1.54, 1.807) is 12.1 Å². The van der Waals surface area contributed by atoms with Gasteiger partial charge in [-0.05, 0) is 6.07 Å². The van der Waals surface area contributed by atoms with Gasteiger partial charge in [0.1, 0.15) is 17.6 Å². The second-order valence-corrected chi connectivity index (χ2v) is 2.25. The number of halogens is 1. The number of aromatic nitrogens is 1. The third kappa shape index (κ3) is 1.60. The van der Waals surface area contributed by atoms with E-state index in [0.717, 1.165) is 5.56 Å². The van der Waals surface area contributed by atoms with Gasteiger partial charge in [0, 0.05) is 5.56 Å². The summed E-state index contributed by atoms with van der Waals surface area (Å²) in [5.41, 5.74) is 6.53. The van der Waals surface area contributed by atoms with Crippen molar-refractivity contribution in [1.82, 2.24) is 4.98 Å². The summed E-state index contributed by atoms with van der Waals surface area (Å²) in [6.07, 6.45) is 0. The van der Waals surface area contributed by atoms with E-state index in [4.69, 9.17) is 22.6 Å². The maximum Gasteiger partial charge on any atom is 0.142 e. The van der Waals surface area contributed by atoms with Gasteiger partial charge in [-0.15, -0.1) is 11.6 Å². The highest BCUT2D eigenvalue weighted by molar-refractivity contribution is 6.17. The summed E-state index contributed by atoms with van der Waals surface area (Å²) in [4.78, 5) is 3.79. The first-order chi connectivity index (χ1) is 5.27. The molecule has 1 aromatic heterocycles. The summed E-state index contributed by atoms with van der Waals surface area (Å²) in [7, 11) is 0. The van der Waals surface area contributed by atoms with E-state index in [-0.39, 0.29) is 0 Å². The zero-order chi connectivity index (χ0) is 8.27. The summed E-state index contributed by atoms with van der Waals surface area (Å²) in [5, 5.41) is 8.42. The maximum atomic E-state index is 8.42. The van der Waals surface area contributed by atoms with E-state index in [1.807, 2.05) is 6.07 Å². The number of anilines is 1. The molecule has 0 saturated carbocycles. The molecule has 0 bridgehead atoms. The SMILES string of the molecule is N#Cc1ccc(CCl)c(N)n1. The van der Waals surface area contributed by atoms with Crippen molar-refractivity contribution >= 4 is 17.4 Å². The van der Waals surface area contributed by atoms with Crippen molar-refractivity contribution in [2.75, 3.05) is 5.73 Å². The molecule has 0 spiro atoms. The van der Waals surface area contributed by atoms with Gasteiger partial charge in [-0.25, -0.2) is 4.98 Å². The summed E-state index contributed by atoms with van der Waals surface area (Å²) in [5.74, 6) is 0.656. The third-order valence-electron chi connectivity index (χ3n) is 1.27. The fourth-order valence-electron chi connectivity index (χ4n) is 0.679. The Bertz CT molecular complexity index is 303. The predicted octanol–water partition coefficient (Wildman–Crippen LogP) is 1.27. The van der Waals surface area contributed by atoms with Gasteiger partial charge in [0.25, 0.3) is 0 Å². The lowest BCUT2D eigenvalue weighted by molar-refractivity contribution is 1.22. The average molecular weight is 168 g/mol. The predicted molar refractivity (Wildman–Crippen MR) is 42.9 cm³/mol. The molecule has 56 valence electrons. The minimum Gasteiger partial charge on any atom is -0.383 e. The lowest BCUT2D eigenvalue weighted by Crippen LogP contribution is -1.97. The Morgan fingerprint density at radius 1 is 1.64 bits per heavy atom. The number of nitrogens with two attached hydrogens (primary N) is 1. The molecule has 0 aliphatic carbocycles. The van der Waals surface area contributed by atoms with Gasteiger partial charge in [-0.2, -0.15) is 5.26 Å². The van der Waals surface area contributed by atoms with E-state index >= 15 is 0 Å². The van der Waals surface area contributed by atoms with Crippen LogP contribution in [0.2, 0.25) is 0 Å². The zero-order valence-corrected chi connectivity index (χ0v) is 6.47. The van der Waals surface area contributed by atoms with Crippen molar-refractivity contribution in [3.05, 3.63) is 23.4 Å². The van der Waals surface area contributed by atoms with Gasteiger partial charge in [-0.3, -0.25) is 0 Å². The number of hydrogen-bond donors (Lipinski definition) is 1. The zero-order valence-electron chi connectivity index (χ0n) is 5.71. The van der Waals surface area contributed by atoms with E-state index in [0.29, 0.717) is 17.4 Å². The van der Waals surface area contributed by atoms with Crippen LogP contribution in [0.15, 0.2) is 12.1 Å². The molecular weight excluding hydrogens is 162 g/mol. The molecular formula is C7H6ClN3. The first kappa shape index (κ1) is 7.83. The Labute approximate surface area is 69.4 Å². The van der Waals surface area contributed by atoms with Crippen LogP contribution in [0.25, 0.3) is 0 Å². The second kappa shape index (κ2) is 3.22. The van der Waals surface area contributed by atoms with Crippen molar-refractivity contribution in [3.8, 4) is 6.07 Å². The minimum absolute atomic E-state index is 0.316. The van der Waals surface area contributed by atoms with E-state index in [9.17, 15) is 0 Å². The molecule has 0 amide bonds. The van der Waals surface area contributed by atoms with Gasteiger partial charge in [0.2, 0.25) is 0 Å². The van der Waals surface area contributed by atoms with Crippen LogP contribution in [0.3, 0.4) is 0 Å². The molecule has 2 N–H and O–H groups in total. The van der Waals surface area contributed by atoms with Crippen LogP contribution in [0, 0.1) is 11.3 Å². The lowest BCUT2D eigenvalue weighted by atomic mass is 10.2. The van der Waals surface area contributed by atoms with Crippen LogP contribution in [-0.2, 0) is 5.88 Å². The summed E-state index contributed by atoms with van der Waals surface area (Å²) < 4.78 is 0. The third-order valence-corrected chi connectivity index (χ3v) is 1.56. The molecule has 3 nitrogen and oxygen atoms in total. The van der Waals surface area contributed by atoms with Gasteiger partial charge in [0.15, 0.2) is 0 Å². The van der Waals surface area contributed by atoms with Crippen LogP contribution in [-0.4, -0.2) is 4.98 Å². The second-order valence-electron chi connectivity index (χ2n) is 1.99. The van der Waals surface area contributed by atoms with Crippen molar-refractivity contribution in [3.63, 3.8) is 0 Å². The number of alkyl halides is 1. The van der Waals surface area contributed by atoms with Crippen molar-refractivity contribution < 1.29 is 0 Å². The highest BCUT2D eigenvalue weighted by atomic mass is 35.5. The molecule has 0 aliphatic rings. The number of nitrogens with zero attached hydrogens (tertiary/aromatic N) is 2. The summed E-state index contributed by atoms with van der Waals surface area (Å²) in [6.45, 7) is 0. The molecule has 11 heavy (non-hydrogen) atoms. The Morgan fingerprint density at radius 3 is 2.82 bits per heavy atom. The standard InChI is InChI=1S/C7H6ClN3/c8-3-5-1-2-6(4-9)11-7(5)10/h1-2H,3H2,(H2,10,11). The van der Waals surface area contributed by atoms with Crippen molar-refractivity contribution in [1.29, 1.82) is 5.26 Å². The molecule has 0 saturated heterocycles. The minimum atomic E-state index is 0.316. The van der Waals surface area contributed by atoms with E-state index in [2.05, 4.69) is 4.98 Å². The highest BCUT2D eigenvalue weighted by Crippen LogP contribution is 2.11. The Balaban J connectivity index is 3.12. The molecule has 0 radical (unpaired) electrons. The Hall–Kier alpha value is -1.27. The molecule has 0 aliphatic heterocycles. The Morgan fingerprint density at radius 2 is 2.36 bits per heavy atom. The van der Waals surface area contributed by atoms with Crippen LogP contribution in [0.4, 0.5) is 5.82 Å². The normalized spacial score (nSPS) is 9.09. The average Bonchev–Trinajstić information content (AvgIpc) is 2.04. The Kier molecular flexibility index (Phi) is 2.29. The fraction of sp³-hybridized carbons (Fsp3) is 0.143. The van der Waals surface area contributed by atoms with Gasteiger partial charge in [0.05, 0.1) is 5.88 Å². The monoisotopic (exact) mass is 167 g/mol. The largest absolute Gasteiger partial charge is 0.383 e. The van der Waals surface area contributed by atoms with Crippen LogP contribution < -0.4 is 5.73 Å².